The number of carbonyl (C=O) groups excluding carboxylic acids is 1. The van der Waals surface area contributed by atoms with Crippen molar-refractivity contribution in [2.24, 2.45) is 0 Å². The SMILES string of the molecule is CN(C(=O)NC1(C(=O)O)CCCC1)C1CCS(=O)(=O)C1. The molecule has 1 saturated heterocycles. The van der Waals surface area contributed by atoms with E-state index in [1.54, 1.807) is 0 Å². The van der Waals surface area contributed by atoms with Crippen LogP contribution in [-0.4, -0.2) is 60.6 Å². The van der Waals surface area contributed by atoms with Gasteiger partial charge in [0.2, 0.25) is 0 Å². The topological polar surface area (TPSA) is 104 Å². The number of carboxylic acid groups (broad SMARTS) is 1. The smallest absolute Gasteiger partial charge is 0.329 e. The molecule has 2 fully saturated rings. The van der Waals surface area contributed by atoms with E-state index in [4.69, 9.17) is 0 Å². The minimum atomic E-state index is -3.07. The third-order valence-electron chi connectivity index (χ3n) is 4.29. The summed E-state index contributed by atoms with van der Waals surface area (Å²) in [6.07, 6.45) is 2.80. The Morgan fingerprint density at radius 2 is 1.90 bits per heavy atom. The van der Waals surface area contributed by atoms with Crippen LogP contribution in [-0.2, 0) is 14.6 Å². The van der Waals surface area contributed by atoms with Crippen LogP contribution in [0, 0.1) is 0 Å². The molecule has 1 atom stereocenters. The highest BCUT2D eigenvalue weighted by Gasteiger charge is 2.44. The van der Waals surface area contributed by atoms with E-state index >= 15 is 0 Å². The molecule has 7 nitrogen and oxygen atoms in total. The molecule has 2 N–H and O–H groups in total. The zero-order valence-corrected chi connectivity index (χ0v) is 12.3. The van der Waals surface area contributed by atoms with E-state index in [-0.39, 0.29) is 17.5 Å². The molecular weight excluding hydrogens is 284 g/mol. The first-order valence-corrected chi connectivity index (χ1v) is 8.57. The van der Waals surface area contributed by atoms with Gasteiger partial charge in [-0.1, -0.05) is 12.8 Å². The predicted octanol–water partition coefficient (Wildman–Crippen LogP) is 0.212. The Bertz CT molecular complexity index is 510. The number of nitrogens with one attached hydrogen (secondary N) is 1. The van der Waals surface area contributed by atoms with Gasteiger partial charge in [-0.15, -0.1) is 0 Å². The fourth-order valence-corrected chi connectivity index (χ4v) is 4.68. The Labute approximate surface area is 118 Å². The van der Waals surface area contributed by atoms with E-state index in [1.165, 1.54) is 11.9 Å². The first-order valence-electron chi connectivity index (χ1n) is 6.75. The molecule has 1 aliphatic heterocycles. The average Bonchev–Trinajstić information content (AvgIpc) is 2.95. The zero-order chi connectivity index (χ0) is 15.0. The molecule has 1 saturated carbocycles. The van der Waals surface area contributed by atoms with Crippen molar-refractivity contribution in [2.75, 3.05) is 18.6 Å². The van der Waals surface area contributed by atoms with Crippen LogP contribution >= 0.6 is 0 Å². The number of amides is 2. The van der Waals surface area contributed by atoms with Gasteiger partial charge in [0.15, 0.2) is 9.84 Å². The van der Waals surface area contributed by atoms with Gasteiger partial charge in [0, 0.05) is 13.1 Å². The molecule has 1 heterocycles. The van der Waals surface area contributed by atoms with Gasteiger partial charge in [-0.2, -0.15) is 0 Å². The van der Waals surface area contributed by atoms with Crippen molar-refractivity contribution < 1.29 is 23.1 Å². The van der Waals surface area contributed by atoms with Crippen molar-refractivity contribution in [1.29, 1.82) is 0 Å². The van der Waals surface area contributed by atoms with E-state index in [9.17, 15) is 23.1 Å². The minimum Gasteiger partial charge on any atom is -0.480 e. The number of aliphatic carboxylic acids is 1. The molecule has 0 aromatic heterocycles. The summed E-state index contributed by atoms with van der Waals surface area (Å²) >= 11 is 0. The summed E-state index contributed by atoms with van der Waals surface area (Å²) in [5.41, 5.74) is -1.19. The summed E-state index contributed by atoms with van der Waals surface area (Å²) in [7, 11) is -1.55. The lowest BCUT2D eigenvalue weighted by atomic mass is 9.98. The van der Waals surface area contributed by atoms with Crippen molar-refractivity contribution in [3.63, 3.8) is 0 Å². The summed E-state index contributed by atoms with van der Waals surface area (Å²) in [6.45, 7) is 0. The van der Waals surface area contributed by atoms with Gasteiger partial charge >= 0.3 is 12.0 Å². The van der Waals surface area contributed by atoms with Crippen molar-refractivity contribution in [3.05, 3.63) is 0 Å². The molecule has 1 unspecified atom stereocenters. The number of rotatable bonds is 3. The Hall–Kier alpha value is -1.31. The van der Waals surface area contributed by atoms with E-state index in [0.717, 1.165) is 12.8 Å². The summed E-state index contributed by atoms with van der Waals surface area (Å²) in [5.74, 6) is -0.980. The first-order chi connectivity index (χ1) is 9.26. The fourth-order valence-electron chi connectivity index (χ4n) is 2.91. The van der Waals surface area contributed by atoms with Gasteiger partial charge in [0.25, 0.3) is 0 Å². The van der Waals surface area contributed by atoms with Gasteiger partial charge in [0.05, 0.1) is 11.5 Å². The van der Waals surface area contributed by atoms with Crippen molar-refractivity contribution in [3.8, 4) is 0 Å². The molecule has 2 rings (SSSR count). The Morgan fingerprint density at radius 1 is 1.30 bits per heavy atom. The van der Waals surface area contributed by atoms with Gasteiger partial charge < -0.3 is 15.3 Å². The maximum absolute atomic E-state index is 12.2. The van der Waals surface area contributed by atoms with Crippen LogP contribution in [0.3, 0.4) is 0 Å². The zero-order valence-electron chi connectivity index (χ0n) is 11.5. The number of hydrogen-bond donors (Lipinski definition) is 2. The quantitative estimate of drug-likeness (QED) is 0.776. The number of sulfone groups is 1. The molecule has 1 aliphatic carbocycles. The van der Waals surface area contributed by atoms with Crippen LogP contribution in [0.25, 0.3) is 0 Å². The highest BCUT2D eigenvalue weighted by Crippen LogP contribution is 2.30. The highest BCUT2D eigenvalue weighted by atomic mass is 32.2. The number of hydrogen-bond acceptors (Lipinski definition) is 4. The lowest BCUT2D eigenvalue weighted by molar-refractivity contribution is -0.144. The summed E-state index contributed by atoms with van der Waals surface area (Å²) < 4.78 is 22.9. The van der Waals surface area contributed by atoms with Crippen molar-refractivity contribution >= 4 is 21.8 Å². The van der Waals surface area contributed by atoms with Gasteiger partial charge in [0.1, 0.15) is 5.54 Å². The number of carbonyl (C=O) groups is 2. The Morgan fingerprint density at radius 3 is 2.35 bits per heavy atom. The van der Waals surface area contributed by atoms with Crippen molar-refractivity contribution in [1.82, 2.24) is 10.2 Å². The van der Waals surface area contributed by atoms with Crippen LogP contribution in [0.1, 0.15) is 32.1 Å². The Kier molecular flexibility index (Phi) is 3.95. The van der Waals surface area contributed by atoms with E-state index in [2.05, 4.69) is 5.32 Å². The monoisotopic (exact) mass is 304 g/mol. The van der Waals surface area contributed by atoms with Crippen LogP contribution in [0.5, 0.6) is 0 Å². The molecule has 2 aliphatic rings. The minimum absolute atomic E-state index is 0.0447. The normalized spacial score (nSPS) is 27.1. The second-order valence-corrected chi connectivity index (χ2v) is 7.92. The van der Waals surface area contributed by atoms with Gasteiger partial charge in [-0.05, 0) is 19.3 Å². The van der Waals surface area contributed by atoms with E-state index in [1.807, 2.05) is 0 Å². The molecule has 2 amide bonds. The Balaban J connectivity index is 2.02. The lowest BCUT2D eigenvalue weighted by Crippen LogP contribution is -2.57. The van der Waals surface area contributed by atoms with Crippen molar-refractivity contribution in [2.45, 2.75) is 43.7 Å². The maximum atomic E-state index is 12.2. The molecule has 0 aromatic rings. The standard InChI is InChI=1S/C12H20N2O5S/c1-14(9-4-7-20(18,19)8-9)11(17)13-12(10(15)16)5-2-3-6-12/h9H,2-8H2,1H3,(H,13,17)(H,15,16). The van der Waals surface area contributed by atoms with Crippen LogP contribution < -0.4 is 5.32 Å². The molecule has 0 radical (unpaired) electrons. The third kappa shape index (κ3) is 2.89. The summed E-state index contributed by atoms with van der Waals surface area (Å²) in [5, 5.41) is 11.9. The maximum Gasteiger partial charge on any atom is 0.329 e. The molecule has 0 bridgehead atoms. The fraction of sp³-hybridized carbons (Fsp3) is 0.833. The van der Waals surface area contributed by atoms with E-state index < -0.39 is 27.4 Å². The lowest BCUT2D eigenvalue weighted by Gasteiger charge is -2.30. The third-order valence-corrected chi connectivity index (χ3v) is 6.04. The van der Waals surface area contributed by atoms with Crippen LogP contribution in [0.4, 0.5) is 4.79 Å². The first kappa shape index (κ1) is 15.1. The van der Waals surface area contributed by atoms with E-state index in [0.29, 0.717) is 19.3 Å². The van der Waals surface area contributed by atoms with Crippen LogP contribution in [0.2, 0.25) is 0 Å². The van der Waals surface area contributed by atoms with Gasteiger partial charge in [-0.3, -0.25) is 0 Å². The summed E-state index contributed by atoms with van der Waals surface area (Å²) in [6, 6.07) is -0.872. The summed E-state index contributed by atoms with van der Waals surface area (Å²) in [4.78, 5) is 24.9. The van der Waals surface area contributed by atoms with Crippen LogP contribution in [0.15, 0.2) is 0 Å². The van der Waals surface area contributed by atoms with Gasteiger partial charge in [-0.25, -0.2) is 18.0 Å². The molecular formula is C12H20N2O5S. The second kappa shape index (κ2) is 5.23. The largest absolute Gasteiger partial charge is 0.480 e. The predicted molar refractivity (Wildman–Crippen MR) is 72.2 cm³/mol. The molecule has 114 valence electrons. The molecule has 8 heteroatoms. The molecule has 20 heavy (non-hydrogen) atoms. The average molecular weight is 304 g/mol. The number of carboxylic acids is 1. The second-order valence-electron chi connectivity index (χ2n) is 5.69. The highest BCUT2D eigenvalue weighted by molar-refractivity contribution is 7.91. The molecule has 0 spiro atoms. The molecule has 0 aromatic carbocycles. The number of urea groups is 1. The number of nitrogens with zero attached hydrogens (tertiary/aromatic N) is 1.